The first-order chi connectivity index (χ1) is 12.6. The van der Waals surface area contributed by atoms with E-state index in [1.165, 1.54) is 0 Å². The van der Waals surface area contributed by atoms with Crippen LogP contribution in [0.4, 0.5) is 0 Å². The summed E-state index contributed by atoms with van der Waals surface area (Å²) in [6.45, 7) is 14.1. The van der Waals surface area contributed by atoms with Crippen molar-refractivity contribution in [2.24, 2.45) is 0 Å². The lowest BCUT2D eigenvalue weighted by Crippen LogP contribution is -2.46. The zero-order chi connectivity index (χ0) is 19.8. The Morgan fingerprint density at radius 1 is 1.04 bits per heavy atom. The summed E-state index contributed by atoms with van der Waals surface area (Å²) in [5.74, 6) is 0.886. The van der Waals surface area contributed by atoms with Gasteiger partial charge in [0.2, 0.25) is 0 Å². The molecule has 2 fully saturated rings. The summed E-state index contributed by atoms with van der Waals surface area (Å²) < 4.78 is 18.4. The van der Waals surface area contributed by atoms with E-state index in [0.717, 1.165) is 37.1 Å². The Kier molecular flexibility index (Phi) is 5.92. The summed E-state index contributed by atoms with van der Waals surface area (Å²) in [4.78, 5) is 2.34. The fourth-order valence-corrected chi connectivity index (χ4v) is 3.58. The van der Waals surface area contributed by atoms with Crippen molar-refractivity contribution in [2.75, 3.05) is 13.1 Å². The van der Waals surface area contributed by atoms with E-state index >= 15 is 0 Å². The number of aliphatic hydroxyl groups is 1. The highest BCUT2D eigenvalue weighted by Crippen LogP contribution is 2.36. The minimum Gasteiger partial charge on any atom is -0.490 e. The van der Waals surface area contributed by atoms with Crippen LogP contribution in [0.15, 0.2) is 24.3 Å². The van der Waals surface area contributed by atoms with Crippen LogP contribution in [0.25, 0.3) is 0 Å². The van der Waals surface area contributed by atoms with Crippen LogP contribution < -0.4 is 10.2 Å². The molecule has 27 heavy (non-hydrogen) atoms. The largest absolute Gasteiger partial charge is 0.494 e. The van der Waals surface area contributed by atoms with Gasteiger partial charge >= 0.3 is 7.12 Å². The molecule has 150 valence electrons. The molecule has 2 saturated heterocycles. The van der Waals surface area contributed by atoms with Crippen molar-refractivity contribution in [1.29, 1.82) is 0 Å². The van der Waals surface area contributed by atoms with Crippen LogP contribution in [-0.4, -0.2) is 59.7 Å². The van der Waals surface area contributed by atoms with E-state index in [1.807, 2.05) is 31.2 Å². The second-order valence-corrected chi connectivity index (χ2v) is 8.99. The van der Waals surface area contributed by atoms with Crippen molar-refractivity contribution in [1.82, 2.24) is 4.90 Å². The van der Waals surface area contributed by atoms with E-state index in [-0.39, 0.29) is 36.6 Å². The van der Waals surface area contributed by atoms with E-state index in [1.54, 1.807) is 0 Å². The number of piperidine rings is 1. The van der Waals surface area contributed by atoms with E-state index in [2.05, 4.69) is 39.5 Å². The molecule has 3 rings (SSSR count). The highest BCUT2D eigenvalue weighted by atomic mass is 16.7. The number of ether oxygens (including phenoxy) is 1. The molecule has 2 aliphatic heterocycles. The molecule has 0 spiro atoms. The first kappa shape index (κ1) is 20.7. The van der Waals surface area contributed by atoms with Gasteiger partial charge in [0.15, 0.2) is 0 Å². The van der Waals surface area contributed by atoms with Gasteiger partial charge in [0.05, 0.1) is 17.3 Å². The number of hydrogen-bond acceptors (Lipinski definition) is 5. The maximum Gasteiger partial charge on any atom is 0.494 e. The van der Waals surface area contributed by atoms with Gasteiger partial charge in [-0.15, -0.1) is 0 Å². The third kappa shape index (κ3) is 4.50. The van der Waals surface area contributed by atoms with Crippen LogP contribution in [-0.2, 0) is 9.31 Å². The number of likely N-dealkylation sites (tertiary alicyclic amines) is 1. The lowest BCUT2D eigenvalue weighted by atomic mass is 9.79. The molecule has 2 unspecified atom stereocenters. The first-order valence-corrected chi connectivity index (χ1v) is 10.1. The van der Waals surface area contributed by atoms with Gasteiger partial charge in [-0.05, 0) is 72.0 Å². The van der Waals surface area contributed by atoms with Crippen molar-refractivity contribution in [2.45, 2.75) is 83.8 Å². The number of aliphatic hydroxyl groups excluding tert-OH is 1. The fourth-order valence-electron chi connectivity index (χ4n) is 3.58. The highest BCUT2D eigenvalue weighted by molar-refractivity contribution is 6.62. The molecule has 5 nitrogen and oxygen atoms in total. The Morgan fingerprint density at radius 2 is 1.56 bits per heavy atom. The Morgan fingerprint density at radius 3 is 2.04 bits per heavy atom. The summed E-state index contributed by atoms with van der Waals surface area (Å²) in [5.41, 5.74) is 0.357. The normalized spacial score (nSPS) is 25.4. The van der Waals surface area contributed by atoms with Gasteiger partial charge in [-0.25, -0.2) is 0 Å². The minimum atomic E-state index is -0.339. The molecule has 2 heterocycles. The second-order valence-electron chi connectivity index (χ2n) is 8.99. The number of rotatable bonds is 5. The summed E-state index contributed by atoms with van der Waals surface area (Å²) in [6.07, 6.45) is 1.89. The summed E-state index contributed by atoms with van der Waals surface area (Å²) in [7, 11) is -0.339. The van der Waals surface area contributed by atoms with Crippen LogP contribution in [0.3, 0.4) is 0 Å². The van der Waals surface area contributed by atoms with Crippen LogP contribution in [0.1, 0.15) is 54.4 Å². The quantitative estimate of drug-likeness (QED) is 0.802. The molecule has 0 aromatic heterocycles. The van der Waals surface area contributed by atoms with Crippen LogP contribution >= 0.6 is 0 Å². The highest BCUT2D eigenvalue weighted by Gasteiger charge is 2.51. The Hall–Kier alpha value is -1.08. The molecule has 1 N–H and O–H groups in total. The minimum absolute atomic E-state index is 0.199. The van der Waals surface area contributed by atoms with E-state index < -0.39 is 0 Å². The van der Waals surface area contributed by atoms with Gasteiger partial charge in [0, 0.05) is 19.1 Å². The molecular formula is C21H34BNO4. The van der Waals surface area contributed by atoms with Crippen molar-refractivity contribution in [3.05, 3.63) is 24.3 Å². The first-order valence-electron chi connectivity index (χ1n) is 10.1. The average Bonchev–Trinajstić information content (AvgIpc) is 2.83. The molecule has 0 amide bonds. The molecule has 0 aliphatic carbocycles. The molecule has 1 aromatic carbocycles. The van der Waals surface area contributed by atoms with Crippen LogP contribution in [0.2, 0.25) is 0 Å². The molecule has 0 saturated carbocycles. The number of benzene rings is 1. The number of nitrogens with zero attached hydrogens (tertiary/aromatic N) is 1. The van der Waals surface area contributed by atoms with Gasteiger partial charge in [-0.1, -0.05) is 12.1 Å². The zero-order valence-corrected chi connectivity index (χ0v) is 17.6. The third-order valence-electron chi connectivity index (χ3n) is 6.46. The molecular weight excluding hydrogens is 341 g/mol. The van der Waals surface area contributed by atoms with E-state index in [0.29, 0.717) is 0 Å². The summed E-state index contributed by atoms with van der Waals surface area (Å²) in [5, 5.41) is 9.76. The molecule has 1 aromatic rings. The van der Waals surface area contributed by atoms with Crippen molar-refractivity contribution >= 4 is 12.6 Å². The zero-order valence-electron chi connectivity index (χ0n) is 17.6. The lowest BCUT2D eigenvalue weighted by Gasteiger charge is -2.37. The molecule has 6 heteroatoms. The smallest absolute Gasteiger partial charge is 0.490 e. The van der Waals surface area contributed by atoms with Crippen LogP contribution in [0, 0.1) is 0 Å². The standard InChI is InChI=1S/C21H34BNO4/c1-15(16(2)24)23-13-11-19(12-14-23)25-18-9-7-17(8-10-18)22-26-20(3,4)21(5,6)27-22/h7-10,15-16,19,24H,11-14H2,1-6H3. The van der Waals surface area contributed by atoms with Gasteiger partial charge in [0.1, 0.15) is 11.9 Å². The summed E-state index contributed by atoms with van der Waals surface area (Å²) in [6, 6.07) is 8.27. The van der Waals surface area contributed by atoms with Gasteiger partial charge < -0.3 is 19.2 Å². The maximum atomic E-state index is 9.76. The lowest BCUT2D eigenvalue weighted by molar-refractivity contribution is 0.00578. The monoisotopic (exact) mass is 375 g/mol. The second kappa shape index (κ2) is 7.74. The molecule has 0 radical (unpaired) electrons. The predicted molar refractivity (Wildman–Crippen MR) is 109 cm³/mol. The number of hydrogen-bond donors (Lipinski definition) is 1. The van der Waals surface area contributed by atoms with E-state index in [4.69, 9.17) is 14.0 Å². The van der Waals surface area contributed by atoms with Gasteiger partial charge in [-0.2, -0.15) is 0 Å². The third-order valence-corrected chi connectivity index (χ3v) is 6.46. The molecule has 2 aliphatic rings. The van der Waals surface area contributed by atoms with Gasteiger partial charge in [-0.3, -0.25) is 4.90 Å². The fraction of sp³-hybridized carbons (Fsp3) is 0.714. The van der Waals surface area contributed by atoms with Crippen molar-refractivity contribution in [3.63, 3.8) is 0 Å². The topological polar surface area (TPSA) is 51.2 Å². The Bertz CT molecular complexity index is 608. The molecule has 2 atom stereocenters. The summed E-state index contributed by atoms with van der Waals surface area (Å²) >= 11 is 0. The predicted octanol–water partition coefficient (Wildman–Crippen LogP) is 2.60. The van der Waals surface area contributed by atoms with Gasteiger partial charge in [0.25, 0.3) is 0 Å². The van der Waals surface area contributed by atoms with Crippen molar-refractivity contribution < 1.29 is 19.2 Å². The van der Waals surface area contributed by atoms with Crippen molar-refractivity contribution in [3.8, 4) is 5.75 Å². The van der Waals surface area contributed by atoms with E-state index in [9.17, 15) is 5.11 Å². The maximum absolute atomic E-state index is 9.76. The average molecular weight is 375 g/mol. The SMILES string of the molecule is CC(O)C(C)N1CCC(Oc2ccc(B3OC(C)(C)C(C)(C)O3)cc2)CC1. The Balaban J connectivity index is 1.54. The van der Waals surface area contributed by atoms with Crippen LogP contribution in [0.5, 0.6) is 5.75 Å². The molecule has 0 bridgehead atoms. The Labute approximate surface area is 164 Å².